The number of hydrogen-bond acceptors (Lipinski definition) is 7. The first-order valence-corrected chi connectivity index (χ1v) is 13.6. The summed E-state index contributed by atoms with van der Waals surface area (Å²) in [6, 6.07) is 25.4. The highest BCUT2D eigenvalue weighted by Crippen LogP contribution is 2.62. The summed E-state index contributed by atoms with van der Waals surface area (Å²) in [5.74, 6) is -1.96. The van der Waals surface area contributed by atoms with Gasteiger partial charge in [-0.15, -0.1) is 0 Å². The van der Waals surface area contributed by atoms with Crippen LogP contribution in [0.15, 0.2) is 104 Å². The van der Waals surface area contributed by atoms with Crippen molar-refractivity contribution in [3.63, 3.8) is 0 Å². The predicted molar refractivity (Wildman–Crippen MR) is 155 cm³/mol. The van der Waals surface area contributed by atoms with Crippen molar-refractivity contribution in [1.29, 1.82) is 5.26 Å². The minimum atomic E-state index is -1.44. The molecule has 1 amide bonds. The minimum absolute atomic E-state index is 0.233. The van der Waals surface area contributed by atoms with Crippen molar-refractivity contribution in [3.8, 4) is 11.8 Å². The third kappa shape index (κ3) is 3.53. The SMILES string of the molecule is N#CCOc1ccccc1C(=O)C1C(C(=O)c2cccnc2)C2(C(=O)Nc3ccccc32)C2c3ccccc3C=CN12. The number of rotatable bonds is 6. The Morgan fingerprint density at radius 2 is 1.76 bits per heavy atom. The molecule has 4 aromatic rings. The molecular weight excluding hydrogens is 528 g/mol. The molecule has 1 aromatic heterocycles. The number of nitriles is 1. The Labute approximate surface area is 241 Å². The van der Waals surface area contributed by atoms with E-state index in [1.54, 1.807) is 42.6 Å². The van der Waals surface area contributed by atoms with E-state index in [0.717, 1.165) is 11.1 Å². The van der Waals surface area contributed by atoms with Crippen molar-refractivity contribution in [1.82, 2.24) is 9.88 Å². The van der Waals surface area contributed by atoms with Gasteiger partial charge in [-0.1, -0.05) is 54.6 Å². The zero-order chi connectivity index (χ0) is 28.8. The van der Waals surface area contributed by atoms with Gasteiger partial charge in [0.25, 0.3) is 0 Å². The van der Waals surface area contributed by atoms with Crippen molar-refractivity contribution in [2.24, 2.45) is 5.92 Å². The average Bonchev–Trinajstić information content (AvgIpc) is 3.52. The lowest BCUT2D eigenvalue weighted by molar-refractivity contribution is -0.122. The number of aromatic nitrogens is 1. The van der Waals surface area contributed by atoms with E-state index in [4.69, 9.17) is 10.00 Å². The van der Waals surface area contributed by atoms with E-state index in [9.17, 15) is 14.4 Å². The van der Waals surface area contributed by atoms with E-state index in [-0.39, 0.29) is 35.4 Å². The standard InChI is InChI=1S/C34H24N4O4/c35-16-19-42-27-14-6-3-11-24(27)31(40)29-28(30(39)22-9-7-17-36-20-22)34(25-12-4-5-13-26(25)37-33(34)41)32-23-10-2-1-8-21(23)15-18-38(29)32/h1-15,17-18,20,28-29,32H,19H2,(H,37,41). The quantitative estimate of drug-likeness (QED) is 0.336. The largest absolute Gasteiger partial charge is 0.478 e. The second kappa shape index (κ2) is 9.82. The van der Waals surface area contributed by atoms with Crippen molar-refractivity contribution < 1.29 is 19.1 Å². The molecule has 8 nitrogen and oxygen atoms in total. The van der Waals surface area contributed by atoms with Crippen LogP contribution in [0.1, 0.15) is 43.4 Å². The molecule has 8 heteroatoms. The number of nitrogens with zero attached hydrogens (tertiary/aromatic N) is 3. The number of amides is 1. The number of nitrogens with one attached hydrogen (secondary N) is 1. The number of pyridine rings is 1. The van der Waals surface area contributed by atoms with Crippen LogP contribution in [0.4, 0.5) is 5.69 Å². The molecule has 204 valence electrons. The summed E-state index contributed by atoms with van der Waals surface area (Å²) in [6.07, 6.45) is 6.78. The number of ether oxygens (including phenoxy) is 1. The van der Waals surface area contributed by atoms with E-state index in [2.05, 4.69) is 10.3 Å². The highest BCUT2D eigenvalue weighted by atomic mass is 16.5. The Morgan fingerprint density at radius 1 is 0.976 bits per heavy atom. The highest BCUT2D eigenvalue weighted by Gasteiger charge is 2.70. The fraction of sp³-hybridized carbons (Fsp3) is 0.147. The normalized spacial score (nSPS) is 23.0. The maximum absolute atomic E-state index is 14.8. The maximum Gasteiger partial charge on any atom is 0.238 e. The van der Waals surface area contributed by atoms with Crippen molar-refractivity contribution >= 4 is 29.2 Å². The van der Waals surface area contributed by atoms with Crippen LogP contribution in [0, 0.1) is 17.2 Å². The molecule has 4 unspecified atom stereocenters. The van der Waals surface area contributed by atoms with Gasteiger partial charge in [0.05, 0.1) is 17.5 Å². The molecule has 1 fully saturated rings. The Morgan fingerprint density at radius 3 is 2.60 bits per heavy atom. The van der Waals surface area contributed by atoms with Gasteiger partial charge in [0, 0.05) is 29.8 Å². The average molecular weight is 553 g/mol. The summed E-state index contributed by atoms with van der Waals surface area (Å²) in [5.41, 5.74) is 2.15. The lowest BCUT2D eigenvalue weighted by Crippen LogP contribution is -2.49. The fourth-order valence-corrected chi connectivity index (χ4v) is 6.92. The molecule has 7 rings (SSSR count). The lowest BCUT2D eigenvalue weighted by atomic mass is 9.62. The summed E-state index contributed by atoms with van der Waals surface area (Å²) >= 11 is 0. The van der Waals surface area contributed by atoms with Gasteiger partial charge in [-0.3, -0.25) is 19.4 Å². The molecule has 1 saturated heterocycles. The van der Waals surface area contributed by atoms with Gasteiger partial charge >= 0.3 is 0 Å². The molecule has 0 bridgehead atoms. The van der Waals surface area contributed by atoms with Crippen LogP contribution in [-0.2, 0) is 10.2 Å². The summed E-state index contributed by atoms with van der Waals surface area (Å²) in [4.78, 5) is 50.0. The molecular formula is C34H24N4O4. The van der Waals surface area contributed by atoms with E-state index in [1.807, 2.05) is 71.8 Å². The number of hydrogen-bond donors (Lipinski definition) is 1. The monoisotopic (exact) mass is 552 g/mol. The zero-order valence-electron chi connectivity index (χ0n) is 22.3. The third-order valence-electron chi connectivity index (χ3n) is 8.51. The molecule has 3 aromatic carbocycles. The Balaban J connectivity index is 1.52. The summed E-state index contributed by atoms with van der Waals surface area (Å²) in [6.45, 7) is -0.244. The van der Waals surface area contributed by atoms with E-state index >= 15 is 0 Å². The minimum Gasteiger partial charge on any atom is -0.478 e. The van der Waals surface area contributed by atoms with E-state index < -0.39 is 23.4 Å². The van der Waals surface area contributed by atoms with Crippen LogP contribution in [0.5, 0.6) is 5.75 Å². The summed E-state index contributed by atoms with van der Waals surface area (Å²) in [5, 5.41) is 12.2. The number of anilines is 1. The second-order valence-corrected chi connectivity index (χ2v) is 10.5. The van der Waals surface area contributed by atoms with Crippen LogP contribution >= 0.6 is 0 Å². The molecule has 0 aliphatic carbocycles. The second-order valence-electron chi connectivity index (χ2n) is 10.5. The van der Waals surface area contributed by atoms with E-state index in [0.29, 0.717) is 16.8 Å². The van der Waals surface area contributed by atoms with E-state index in [1.165, 1.54) is 6.20 Å². The fourth-order valence-electron chi connectivity index (χ4n) is 6.92. The third-order valence-corrected chi connectivity index (χ3v) is 8.51. The molecule has 0 radical (unpaired) electrons. The van der Waals surface area contributed by atoms with Gasteiger partial charge in [-0.25, -0.2) is 0 Å². The van der Waals surface area contributed by atoms with Crippen LogP contribution in [0.2, 0.25) is 0 Å². The van der Waals surface area contributed by atoms with Gasteiger partial charge < -0.3 is 15.0 Å². The smallest absolute Gasteiger partial charge is 0.238 e. The first-order valence-electron chi connectivity index (χ1n) is 13.6. The number of para-hydroxylation sites is 2. The summed E-state index contributed by atoms with van der Waals surface area (Å²) < 4.78 is 5.64. The molecule has 1 spiro atoms. The van der Waals surface area contributed by atoms with Crippen molar-refractivity contribution in [3.05, 3.63) is 131 Å². The van der Waals surface area contributed by atoms with Gasteiger partial charge in [-0.2, -0.15) is 5.26 Å². The molecule has 0 saturated carbocycles. The van der Waals surface area contributed by atoms with Crippen molar-refractivity contribution in [2.45, 2.75) is 17.5 Å². The highest BCUT2D eigenvalue weighted by molar-refractivity contribution is 6.17. The first kappa shape index (κ1) is 25.4. The number of benzene rings is 3. The Bertz CT molecular complexity index is 1830. The zero-order valence-corrected chi connectivity index (χ0v) is 22.3. The first-order chi connectivity index (χ1) is 20.6. The summed E-state index contributed by atoms with van der Waals surface area (Å²) in [7, 11) is 0. The lowest BCUT2D eigenvalue weighted by Gasteiger charge is -2.38. The van der Waals surface area contributed by atoms with Gasteiger partial charge in [0.1, 0.15) is 23.3 Å². The topological polar surface area (TPSA) is 112 Å². The van der Waals surface area contributed by atoms with Crippen LogP contribution in [0.3, 0.4) is 0 Å². The molecule has 1 N–H and O–H groups in total. The van der Waals surface area contributed by atoms with Gasteiger partial charge in [-0.05, 0) is 53.1 Å². The number of carbonyl (C=O) groups excluding carboxylic acids is 3. The van der Waals surface area contributed by atoms with Crippen molar-refractivity contribution in [2.75, 3.05) is 11.9 Å². The maximum atomic E-state index is 14.8. The Hall–Kier alpha value is -5.55. The number of carbonyl (C=O) groups is 3. The predicted octanol–water partition coefficient (Wildman–Crippen LogP) is 4.97. The molecule has 4 heterocycles. The molecule has 4 atom stereocenters. The van der Waals surface area contributed by atoms with Crippen LogP contribution in [-0.4, -0.2) is 40.0 Å². The van der Waals surface area contributed by atoms with Crippen LogP contribution < -0.4 is 10.1 Å². The molecule has 42 heavy (non-hydrogen) atoms. The van der Waals surface area contributed by atoms with Gasteiger partial charge in [0.15, 0.2) is 18.2 Å². The number of Topliss-reactive ketones (excluding diaryl/α,β-unsaturated/α-hetero) is 2. The number of fused-ring (bicyclic) bond motifs is 6. The molecule has 3 aliphatic rings. The van der Waals surface area contributed by atoms with Gasteiger partial charge in [0.2, 0.25) is 5.91 Å². The van der Waals surface area contributed by atoms with Crippen LogP contribution in [0.25, 0.3) is 6.08 Å². The Kier molecular flexibility index (Phi) is 5.94. The number of ketones is 2. The molecule has 3 aliphatic heterocycles.